The fraction of sp³-hybridized carbons (Fsp3) is 0.333. The van der Waals surface area contributed by atoms with Gasteiger partial charge in [-0.1, -0.05) is 12.7 Å². The van der Waals surface area contributed by atoms with Crippen LogP contribution in [-0.2, 0) is 0 Å². The van der Waals surface area contributed by atoms with Crippen LogP contribution in [0.25, 0.3) is 0 Å². The highest BCUT2D eigenvalue weighted by Gasteiger charge is 2.32. The monoisotopic (exact) mass is 270 g/mol. The van der Waals surface area contributed by atoms with E-state index < -0.39 is 30.6 Å². The van der Waals surface area contributed by atoms with Gasteiger partial charge in [0.15, 0.2) is 5.83 Å². The van der Waals surface area contributed by atoms with E-state index in [9.17, 15) is 35.1 Å². The van der Waals surface area contributed by atoms with Crippen molar-refractivity contribution >= 4 is 0 Å². The first-order chi connectivity index (χ1) is 7.48. The number of halogens is 8. The van der Waals surface area contributed by atoms with Crippen LogP contribution in [0.4, 0.5) is 35.1 Å². The van der Waals surface area contributed by atoms with Crippen LogP contribution in [0.15, 0.2) is 37.2 Å². The van der Waals surface area contributed by atoms with Gasteiger partial charge in [0.1, 0.15) is 0 Å². The molecule has 0 amide bonds. The number of allylic oxidation sites excluding steroid dienone is 3. The molecule has 8 heteroatoms. The minimum absolute atomic E-state index is 0.417. The molecular weight excluding hydrogens is 260 g/mol. The summed E-state index contributed by atoms with van der Waals surface area (Å²) in [6, 6.07) is 0. The highest BCUT2D eigenvalue weighted by atomic mass is 19.4. The second kappa shape index (κ2) is 11.2. The molecule has 0 heterocycles. The van der Waals surface area contributed by atoms with E-state index in [2.05, 4.69) is 6.58 Å². The quantitative estimate of drug-likeness (QED) is 0.450. The van der Waals surface area contributed by atoms with Crippen molar-refractivity contribution in [2.45, 2.75) is 19.5 Å². The van der Waals surface area contributed by atoms with Crippen LogP contribution in [-0.4, -0.2) is 12.6 Å². The summed E-state index contributed by atoms with van der Waals surface area (Å²) in [6.45, 7) is 7.28. The van der Waals surface area contributed by atoms with Crippen LogP contribution in [0.3, 0.4) is 0 Å². The minimum atomic E-state index is -4.86. The van der Waals surface area contributed by atoms with Gasteiger partial charge in [0.2, 0.25) is 0 Å². The Morgan fingerprint density at radius 3 is 1.35 bits per heavy atom. The molecule has 0 aliphatic heterocycles. The Morgan fingerprint density at radius 2 is 1.35 bits per heavy atom. The van der Waals surface area contributed by atoms with Gasteiger partial charge < -0.3 is 0 Å². The summed E-state index contributed by atoms with van der Waals surface area (Å²) in [5.74, 6) is -2.26. The van der Waals surface area contributed by atoms with Crippen molar-refractivity contribution in [1.29, 1.82) is 0 Å². The van der Waals surface area contributed by atoms with E-state index in [1.807, 2.05) is 13.5 Å². The van der Waals surface area contributed by atoms with E-state index in [0.717, 1.165) is 0 Å². The molecule has 0 radical (unpaired) electrons. The fourth-order valence-corrected chi connectivity index (χ4v) is 0.0952. The summed E-state index contributed by atoms with van der Waals surface area (Å²) in [6.07, 6.45) is -8.90. The first kappa shape index (κ1) is 21.0. The van der Waals surface area contributed by atoms with Crippen molar-refractivity contribution in [2.75, 3.05) is 0 Å². The molecule has 0 aromatic carbocycles. The van der Waals surface area contributed by atoms with Crippen molar-refractivity contribution in [1.82, 2.24) is 0 Å². The molecule has 0 aromatic heterocycles. The van der Waals surface area contributed by atoms with Gasteiger partial charge in [0.05, 0.1) is 0 Å². The van der Waals surface area contributed by atoms with Gasteiger partial charge in [-0.25, -0.2) is 13.2 Å². The van der Waals surface area contributed by atoms with E-state index in [-0.39, 0.29) is 0 Å². The Bertz CT molecular complexity index is 234. The molecule has 17 heavy (non-hydrogen) atoms. The average molecular weight is 270 g/mol. The first-order valence-corrected chi connectivity index (χ1v) is 3.78. The molecule has 0 rings (SSSR count). The lowest BCUT2D eigenvalue weighted by Crippen LogP contribution is -2.05. The Morgan fingerprint density at radius 1 is 1.12 bits per heavy atom. The summed E-state index contributed by atoms with van der Waals surface area (Å²) in [5.41, 5.74) is 0. The van der Waals surface area contributed by atoms with E-state index in [1.54, 1.807) is 6.08 Å². The van der Waals surface area contributed by atoms with E-state index >= 15 is 0 Å². The predicted molar refractivity (Wildman–Crippen MR) is 48.5 cm³/mol. The van der Waals surface area contributed by atoms with Gasteiger partial charge in [-0.15, -0.1) is 6.58 Å². The van der Waals surface area contributed by atoms with Crippen LogP contribution in [0.1, 0.15) is 6.92 Å². The normalized spacial score (nSPS) is 9.29. The summed E-state index contributed by atoms with van der Waals surface area (Å²) < 4.78 is 85.8. The number of rotatable bonds is 1. The summed E-state index contributed by atoms with van der Waals surface area (Å²) in [4.78, 5) is 0. The SMILES string of the molecule is C=C(F)C(F)(F)F.C=CC.FC(F)=CC(F)F. The summed E-state index contributed by atoms with van der Waals surface area (Å²) >= 11 is 0. The lowest BCUT2D eigenvalue weighted by Gasteiger charge is -1.97. The Hall–Kier alpha value is -1.34. The fourth-order valence-electron chi connectivity index (χ4n) is 0.0952. The smallest absolute Gasteiger partial charge is 0.205 e. The van der Waals surface area contributed by atoms with Crippen molar-refractivity contribution in [2.24, 2.45) is 0 Å². The molecule has 102 valence electrons. The number of hydrogen-bond donors (Lipinski definition) is 0. The van der Waals surface area contributed by atoms with Gasteiger partial charge in [0, 0.05) is 6.08 Å². The van der Waals surface area contributed by atoms with Gasteiger partial charge >= 0.3 is 6.18 Å². The molecule has 0 saturated heterocycles. The van der Waals surface area contributed by atoms with Crippen LogP contribution < -0.4 is 0 Å². The lowest BCUT2D eigenvalue weighted by atomic mass is 10.6. The maximum atomic E-state index is 10.9. The minimum Gasteiger partial charge on any atom is -0.205 e. The lowest BCUT2D eigenvalue weighted by molar-refractivity contribution is -0.108. The third kappa shape index (κ3) is 31.3. The third-order valence-corrected chi connectivity index (χ3v) is 0.560. The van der Waals surface area contributed by atoms with Crippen molar-refractivity contribution in [3.8, 4) is 0 Å². The Labute approximate surface area is 92.9 Å². The molecule has 0 spiro atoms. The molecule has 0 saturated carbocycles. The van der Waals surface area contributed by atoms with Crippen LogP contribution in [0.5, 0.6) is 0 Å². The van der Waals surface area contributed by atoms with Crippen LogP contribution in [0.2, 0.25) is 0 Å². The van der Waals surface area contributed by atoms with Crippen molar-refractivity contribution in [3.63, 3.8) is 0 Å². The maximum absolute atomic E-state index is 10.9. The Kier molecular flexibility index (Phi) is 13.8. The maximum Gasteiger partial charge on any atom is 0.442 e. The zero-order valence-electron chi connectivity index (χ0n) is 8.67. The molecule has 0 aliphatic rings. The molecule has 0 N–H and O–H groups in total. The molecule has 0 aliphatic carbocycles. The highest BCUT2D eigenvalue weighted by molar-refractivity contribution is 4.88. The van der Waals surface area contributed by atoms with Crippen molar-refractivity contribution < 1.29 is 35.1 Å². The molecular formula is C9H10F8. The van der Waals surface area contributed by atoms with Gasteiger partial charge in [-0.3, -0.25) is 0 Å². The van der Waals surface area contributed by atoms with E-state index in [0.29, 0.717) is 0 Å². The summed E-state index contributed by atoms with van der Waals surface area (Å²) in [7, 11) is 0. The first-order valence-electron chi connectivity index (χ1n) is 3.78. The molecule has 0 unspecified atom stereocenters. The van der Waals surface area contributed by atoms with Gasteiger partial charge in [0.25, 0.3) is 12.5 Å². The Balaban J connectivity index is -0.000000188. The van der Waals surface area contributed by atoms with Crippen molar-refractivity contribution in [3.05, 3.63) is 37.2 Å². The molecule has 0 nitrogen and oxygen atoms in total. The number of alkyl halides is 5. The molecule has 0 bridgehead atoms. The third-order valence-electron chi connectivity index (χ3n) is 0.560. The second-order valence-electron chi connectivity index (χ2n) is 2.10. The van der Waals surface area contributed by atoms with Crippen LogP contribution >= 0.6 is 0 Å². The highest BCUT2D eigenvalue weighted by Crippen LogP contribution is 2.23. The summed E-state index contributed by atoms with van der Waals surface area (Å²) in [5, 5.41) is 0. The van der Waals surface area contributed by atoms with Gasteiger partial charge in [-0.2, -0.15) is 22.0 Å². The van der Waals surface area contributed by atoms with E-state index in [1.165, 1.54) is 0 Å². The predicted octanol–water partition coefficient (Wildman–Crippen LogP) is 5.26. The van der Waals surface area contributed by atoms with Gasteiger partial charge in [-0.05, 0) is 6.92 Å². The standard InChI is InChI=1S/2C3H2F4.C3H6/c1-2(4)3(5,6)7;4-2(5)1-3(6)7;1-3-2/h1H2;1-2H;3H,1H2,2H3. The largest absolute Gasteiger partial charge is 0.442 e. The zero-order chi connectivity index (χ0) is 14.6. The van der Waals surface area contributed by atoms with E-state index in [4.69, 9.17) is 0 Å². The second-order valence-corrected chi connectivity index (χ2v) is 2.10. The van der Waals surface area contributed by atoms with Crippen LogP contribution in [0, 0.1) is 0 Å². The molecule has 0 aromatic rings. The average Bonchev–Trinajstić information content (AvgIpc) is 2.01. The topological polar surface area (TPSA) is 0 Å². The zero-order valence-corrected chi connectivity index (χ0v) is 8.67. The molecule has 0 atom stereocenters. The number of hydrogen-bond acceptors (Lipinski definition) is 0. The molecule has 0 fully saturated rings.